The molecule has 2 atom stereocenters. The van der Waals surface area contributed by atoms with E-state index in [0.29, 0.717) is 15.1 Å². The van der Waals surface area contributed by atoms with Crippen LogP contribution in [0.15, 0.2) is 12.1 Å². The Morgan fingerprint density at radius 3 is 2.39 bits per heavy atom. The Hall–Kier alpha value is -0.150. The smallest absolute Gasteiger partial charge is 0.0741 e. The summed E-state index contributed by atoms with van der Waals surface area (Å²) in [5.41, 5.74) is 0.733. The van der Waals surface area contributed by atoms with Crippen LogP contribution in [0.25, 0.3) is 0 Å². The summed E-state index contributed by atoms with van der Waals surface area (Å²) < 4.78 is 0. The fourth-order valence-electron chi connectivity index (χ4n) is 2.29. The van der Waals surface area contributed by atoms with Crippen molar-refractivity contribution < 1.29 is 5.11 Å². The van der Waals surface area contributed by atoms with Crippen LogP contribution in [0.4, 0.5) is 5.69 Å². The molecule has 1 saturated carbocycles. The number of aliphatic hydroxyl groups is 1. The zero-order valence-electron chi connectivity index (χ0n) is 9.93. The fraction of sp³-hybridized carbons (Fsp3) is 0.538. The SMILES string of the molecule is OC1CCCCCC1Nc1cc(Cl)c(Cl)cc1Cl. The van der Waals surface area contributed by atoms with Gasteiger partial charge >= 0.3 is 0 Å². The summed E-state index contributed by atoms with van der Waals surface area (Å²) in [6.45, 7) is 0. The number of halogens is 3. The van der Waals surface area contributed by atoms with Gasteiger partial charge in [-0.25, -0.2) is 0 Å². The lowest BCUT2D eigenvalue weighted by Crippen LogP contribution is -2.32. The molecule has 0 aromatic heterocycles. The molecular formula is C13H16Cl3NO. The number of hydrogen-bond donors (Lipinski definition) is 2. The molecule has 5 heteroatoms. The summed E-state index contributed by atoms with van der Waals surface area (Å²) >= 11 is 18.0. The van der Waals surface area contributed by atoms with Gasteiger partial charge in [0.2, 0.25) is 0 Å². The molecule has 0 amide bonds. The Morgan fingerprint density at radius 1 is 0.944 bits per heavy atom. The minimum Gasteiger partial charge on any atom is -0.391 e. The van der Waals surface area contributed by atoms with Gasteiger partial charge in [-0.1, -0.05) is 54.1 Å². The number of hydrogen-bond acceptors (Lipinski definition) is 2. The van der Waals surface area contributed by atoms with Crippen molar-refractivity contribution in [1.29, 1.82) is 0 Å². The zero-order valence-corrected chi connectivity index (χ0v) is 12.2. The molecule has 0 heterocycles. The third-order valence-corrected chi connectivity index (χ3v) is 4.37. The predicted molar refractivity (Wildman–Crippen MR) is 78.0 cm³/mol. The first-order chi connectivity index (χ1) is 8.58. The summed E-state index contributed by atoms with van der Waals surface area (Å²) in [6.07, 6.45) is 4.80. The highest BCUT2D eigenvalue weighted by Crippen LogP contribution is 2.33. The summed E-state index contributed by atoms with van der Waals surface area (Å²) in [7, 11) is 0. The van der Waals surface area contributed by atoms with Gasteiger partial charge in [0, 0.05) is 0 Å². The number of nitrogens with one attached hydrogen (secondary N) is 1. The van der Waals surface area contributed by atoms with Crippen LogP contribution in [0.1, 0.15) is 32.1 Å². The van der Waals surface area contributed by atoms with E-state index >= 15 is 0 Å². The summed E-state index contributed by atoms with van der Waals surface area (Å²) in [5.74, 6) is 0. The van der Waals surface area contributed by atoms with Crippen LogP contribution >= 0.6 is 34.8 Å². The van der Waals surface area contributed by atoms with E-state index < -0.39 is 0 Å². The lowest BCUT2D eigenvalue weighted by atomic mass is 10.1. The van der Waals surface area contributed by atoms with E-state index in [9.17, 15) is 5.11 Å². The molecule has 0 aliphatic heterocycles. The third-order valence-electron chi connectivity index (χ3n) is 3.33. The largest absolute Gasteiger partial charge is 0.391 e. The van der Waals surface area contributed by atoms with E-state index in [1.165, 1.54) is 6.42 Å². The maximum absolute atomic E-state index is 10.1. The first-order valence-corrected chi connectivity index (χ1v) is 7.30. The van der Waals surface area contributed by atoms with Gasteiger partial charge in [0.05, 0.1) is 32.9 Å². The van der Waals surface area contributed by atoms with E-state index in [2.05, 4.69) is 5.32 Å². The molecule has 18 heavy (non-hydrogen) atoms. The molecule has 1 aromatic rings. The Kier molecular flexibility index (Phi) is 5.02. The molecule has 1 fully saturated rings. The number of anilines is 1. The molecule has 0 radical (unpaired) electrons. The zero-order chi connectivity index (χ0) is 13.1. The monoisotopic (exact) mass is 307 g/mol. The molecule has 2 rings (SSSR count). The lowest BCUT2D eigenvalue weighted by Gasteiger charge is -2.23. The average Bonchev–Trinajstić information content (AvgIpc) is 2.52. The van der Waals surface area contributed by atoms with Crippen molar-refractivity contribution in [2.75, 3.05) is 5.32 Å². The first kappa shape index (κ1) is 14.3. The van der Waals surface area contributed by atoms with E-state index in [1.807, 2.05) is 0 Å². The van der Waals surface area contributed by atoms with E-state index in [4.69, 9.17) is 34.8 Å². The first-order valence-electron chi connectivity index (χ1n) is 6.17. The van der Waals surface area contributed by atoms with Gasteiger partial charge in [0.15, 0.2) is 0 Å². The molecule has 1 aromatic carbocycles. The van der Waals surface area contributed by atoms with Crippen molar-refractivity contribution in [3.63, 3.8) is 0 Å². The Bertz CT molecular complexity index is 425. The van der Waals surface area contributed by atoms with Gasteiger partial charge in [-0.2, -0.15) is 0 Å². The van der Waals surface area contributed by atoms with Gasteiger partial charge in [-0.15, -0.1) is 0 Å². The molecule has 2 unspecified atom stereocenters. The van der Waals surface area contributed by atoms with Gasteiger partial charge in [0.1, 0.15) is 0 Å². The quantitative estimate of drug-likeness (QED) is 0.610. The average molecular weight is 309 g/mol. The minimum absolute atomic E-state index is 0.0299. The molecule has 100 valence electrons. The van der Waals surface area contributed by atoms with Crippen LogP contribution in [-0.4, -0.2) is 17.3 Å². The van der Waals surface area contributed by atoms with Crippen LogP contribution in [0.3, 0.4) is 0 Å². The third kappa shape index (κ3) is 3.45. The second kappa shape index (κ2) is 6.33. The van der Waals surface area contributed by atoms with Gasteiger partial charge < -0.3 is 10.4 Å². The summed E-state index contributed by atoms with van der Waals surface area (Å²) in [4.78, 5) is 0. The summed E-state index contributed by atoms with van der Waals surface area (Å²) in [6, 6.07) is 3.36. The van der Waals surface area contributed by atoms with Crippen molar-refractivity contribution in [2.45, 2.75) is 44.2 Å². The Morgan fingerprint density at radius 2 is 1.61 bits per heavy atom. The van der Waals surface area contributed by atoms with Crippen molar-refractivity contribution in [3.05, 3.63) is 27.2 Å². The number of rotatable bonds is 2. The minimum atomic E-state index is -0.335. The van der Waals surface area contributed by atoms with Crippen molar-refractivity contribution >= 4 is 40.5 Å². The maximum atomic E-state index is 10.1. The molecular weight excluding hydrogens is 293 g/mol. The van der Waals surface area contributed by atoms with Crippen LogP contribution < -0.4 is 5.32 Å². The lowest BCUT2D eigenvalue weighted by molar-refractivity contribution is 0.144. The Balaban J connectivity index is 2.14. The van der Waals surface area contributed by atoms with Crippen LogP contribution in [-0.2, 0) is 0 Å². The summed E-state index contributed by atoms with van der Waals surface area (Å²) in [5, 5.41) is 14.8. The topological polar surface area (TPSA) is 32.3 Å². The molecule has 2 nitrogen and oxygen atoms in total. The standard InChI is InChI=1S/C13H16Cl3NO/c14-8-6-10(16)12(7-9(8)15)17-11-4-2-1-3-5-13(11)18/h6-7,11,13,17-18H,1-5H2. The normalized spacial score (nSPS) is 24.7. The highest BCUT2D eigenvalue weighted by Gasteiger charge is 2.22. The number of benzene rings is 1. The van der Waals surface area contributed by atoms with E-state index in [0.717, 1.165) is 31.4 Å². The van der Waals surface area contributed by atoms with Gasteiger partial charge in [-0.3, -0.25) is 0 Å². The molecule has 0 spiro atoms. The van der Waals surface area contributed by atoms with Crippen molar-refractivity contribution in [2.24, 2.45) is 0 Å². The van der Waals surface area contributed by atoms with E-state index in [1.54, 1.807) is 12.1 Å². The molecule has 0 saturated heterocycles. The highest BCUT2D eigenvalue weighted by atomic mass is 35.5. The maximum Gasteiger partial charge on any atom is 0.0741 e. The molecule has 2 N–H and O–H groups in total. The molecule has 1 aliphatic carbocycles. The van der Waals surface area contributed by atoms with Crippen LogP contribution in [0.5, 0.6) is 0 Å². The predicted octanol–water partition coefficient (Wildman–Crippen LogP) is 4.75. The fourth-order valence-corrected chi connectivity index (χ4v) is 2.89. The second-order valence-corrected chi connectivity index (χ2v) is 5.92. The van der Waals surface area contributed by atoms with E-state index in [-0.39, 0.29) is 12.1 Å². The Labute approximate surface area is 122 Å². The van der Waals surface area contributed by atoms with Crippen LogP contribution in [0, 0.1) is 0 Å². The van der Waals surface area contributed by atoms with Gasteiger partial charge in [-0.05, 0) is 25.0 Å². The van der Waals surface area contributed by atoms with Crippen molar-refractivity contribution in [3.8, 4) is 0 Å². The van der Waals surface area contributed by atoms with Gasteiger partial charge in [0.25, 0.3) is 0 Å². The molecule has 0 bridgehead atoms. The second-order valence-electron chi connectivity index (χ2n) is 4.70. The van der Waals surface area contributed by atoms with Crippen molar-refractivity contribution in [1.82, 2.24) is 0 Å². The molecule has 1 aliphatic rings. The number of aliphatic hydroxyl groups excluding tert-OH is 1. The highest BCUT2D eigenvalue weighted by molar-refractivity contribution is 6.44. The van der Waals surface area contributed by atoms with Crippen LogP contribution in [0.2, 0.25) is 15.1 Å².